The van der Waals surface area contributed by atoms with E-state index in [9.17, 15) is 4.79 Å². The molecule has 1 amide bonds. The summed E-state index contributed by atoms with van der Waals surface area (Å²) in [5.41, 5.74) is 5.81. The topological polar surface area (TPSA) is 64.4 Å². The molecule has 0 aliphatic heterocycles. The first-order chi connectivity index (χ1) is 15.3. The van der Waals surface area contributed by atoms with E-state index >= 15 is 0 Å². The molecule has 0 aliphatic carbocycles. The molecule has 0 saturated carbocycles. The summed E-state index contributed by atoms with van der Waals surface area (Å²) in [6, 6.07) is 14.6. The van der Waals surface area contributed by atoms with Crippen molar-refractivity contribution in [3.63, 3.8) is 0 Å². The molecule has 0 fully saturated rings. The van der Waals surface area contributed by atoms with Gasteiger partial charge in [0.05, 0.1) is 12.1 Å². The van der Waals surface area contributed by atoms with Crippen LogP contribution in [-0.4, -0.2) is 18.0 Å². The maximum absolute atomic E-state index is 12.5. The van der Waals surface area contributed by atoms with Crippen LogP contribution in [0.5, 0.6) is 5.75 Å². The molecule has 32 heavy (non-hydrogen) atoms. The van der Waals surface area contributed by atoms with Gasteiger partial charge in [0.25, 0.3) is 0 Å². The third-order valence-electron chi connectivity index (χ3n) is 5.04. The van der Waals surface area contributed by atoms with E-state index in [1.165, 1.54) is 13.2 Å². The monoisotopic (exact) mass is 466 g/mol. The molecule has 162 valence electrons. The lowest BCUT2D eigenvalue weighted by Gasteiger charge is -2.08. The first-order valence-electron chi connectivity index (χ1n) is 9.84. The predicted molar refractivity (Wildman–Crippen MR) is 130 cm³/mol. The Kier molecular flexibility index (Phi) is 6.21. The lowest BCUT2D eigenvalue weighted by molar-refractivity contribution is -0.111. The Bertz CT molecular complexity index is 1320. The molecule has 0 spiro atoms. The summed E-state index contributed by atoms with van der Waals surface area (Å²) in [6.45, 7) is 4.08. The molecule has 0 atom stereocenters. The maximum Gasteiger partial charge on any atom is 0.248 e. The molecular formula is C25H20Cl2N2O3. The van der Waals surface area contributed by atoms with Crippen LogP contribution in [0.25, 0.3) is 28.6 Å². The zero-order chi connectivity index (χ0) is 22.8. The highest BCUT2D eigenvalue weighted by atomic mass is 35.5. The fraction of sp³-hybridized carbons (Fsp3) is 0.120. The zero-order valence-corrected chi connectivity index (χ0v) is 19.2. The zero-order valence-electron chi connectivity index (χ0n) is 17.7. The van der Waals surface area contributed by atoms with E-state index in [0.717, 1.165) is 27.8 Å². The highest BCUT2D eigenvalue weighted by Crippen LogP contribution is 2.33. The number of nitrogens with zero attached hydrogens (tertiary/aromatic N) is 1. The molecule has 5 nitrogen and oxygen atoms in total. The first kappa shape index (κ1) is 21.9. The number of carbonyl (C=O) groups is 1. The number of ether oxygens (including phenoxy) is 1. The molecule has 0 saturated heterocycles. The molecule has 0 bridgehead atoms. The van der Waals surface area contributed by atoms with E-state index in [1.807, 2.05) is 44.2 Å². The van der Waals surface area contributed by atoms with E-state index in [4.69, 9.17) is 32.4 Å². The number of aryl methyl sites for hydroxylation is 2. The minimum absolute atomic E-state index is 0.316. The molecule has 4 aromatic rings. The van der Waals surface area contributed by atoms with Crippen molar-refractivity contribution in [3.8, 4) is 17.2 Å². The number of hydrogen-bond acceptors (Lipinski definition) is 4. The van der Waals surface area contributed by atoms with Crippen molar-refractivity contribution in [2.75, 3.05) is 12.4 Å². The van der Waals surface area contributed by atoms with Crippen LogP contribution in [0, 0.1) is 13.8 Å². The number of amides is 1. The van der Waals surface area contributed by atoms with Crippen LogP contribution in [0.3, 0.4) is 0 Å². The summed E-state index contributed by atoms with van der Waals surface area (Å²) >= 11 is 12.2. The van der Waals surface area contributed by atoms with Crippen molar-refractivity contribution in [1.82, 2.24) is 4.98 Å². The smallest absolute Gasteiger partial charge is 0.248 e. The number of anilines is 1. The van der Waals surface area contributed by atoms with Crippen LogP contribution in [0.4, 0.5) is 5.69 Å². The van der Waals surface area contributed by atoms with Crippen molar-refractivity contribution in [2.24, 2.45) is 0 Å². The second-order valence-corrected chi connectivity index (χ2v) is 8.18. The molecule has 1 aromatic heterocycles. The van der Waals surface area contributed by atoms with Crippen LogP contribution in [-0.2, 0) is 4.79 Å². The van der Waals surface area contributed by atoms with Gasteiger partial charge in [-0.25, -0.2) is 4.98 Å². The average molecular weight is 467 g/mol. The Morgan fingerprint density at radius 3 is 2.66 bits per heavy atom. The Balaban J connectivity index is 1.55. The summed E-state index contributed by atoms with van der Waals surface area (Å²) in [4.78, 5) is 17.1. The fourth-order valence-electron chi connectivity index (χ4n) is 3.30. The van der Waals surface area contributed by atoms with Crippen molar-refractivity contribution in [1.29, 1.82) is 0 Å². The number of hydrogen-bond donors (Lipinski definition) is 1. The van der Waals surface area contributed by atoms with Gasteiger partial charge in [0.2, 0.25) is 11.8 Å². The number of rotatable bonds is 5. The summed E-state index contributed by atoms with van der Waals surface area (Å²) in [5, 5.41) is 3.66. The molecule has 0 unspecified atom stereocenters. The number of halogens is 2. The van der Waals surface area contributed by atoms with Gasteiger partial charge in [-0.15, -0.1) is 0 Å². The quantitative estimate of drug-likeness (QED) is 0.319. The van der Waals surface area contributed by atoms with Crippen LogP contribution in [0.15, 0.2) is 59.0 Å². The number of nitrogens with one attached hydrogen (secondary N) is 1. The number of carbonyl (C=O) groups excluding carboxylic acids is 1. The normalized spacial score (nSPS) is 11.3. The average Bonchev–Trinajstić information content (AvgIpc) is 3.15. The van der Waals surface area contributed by atoms with Crippen molar-refractivity contribution in [2.45, 2.75) is 13.8 Å². The predicted octanol–water partition coefficient (Wildman–Crippen LogP) is 7.08. The van der Waals surface area contributed by atoms with Gasteiger partial charge in [-0.1, -0.05) is 29.3 Å². The van der Waals surface area contributed by atoms with E-state index in [2.05, 4.69) is 10.3 Å². The molecule has 1 heterocycles. The highest BCUT2D eigenvalue weighted by molar-refractivity contribution is 6.36. The molecular weight excluding hydrogens is 447 g/mol. The lowest BCUT2D eigenvalue weighted by atomic mass is 10.1. The summed E-state index contributed by atoms with van der Waals surface area (Å²) < 4.78 is 11.2. The number of fused-ring (bicyclic) bond motifs is 1. The van der Waals surface area contributed by atoms with Gasteiger partial charge in [0, 0.05) is 27.9 Å². The minimum Gasteiger partial charge on any atom is -0.495 e. The molecule has 0 aliphatic rings. The fourth-order valence-corrected chi connectivity index (χ4v) is 3.89. The summed E-state index contributed by atoms with van der Waals surface area (Å²) in [7, 11) is 1.51. The highest BCUT2D eigenvalue weighted by Gasteiger charge is 2.11. The van der Waals surface area contributed by atoms with Crippen LogP contribution >= 0.6 is 23.2 Å². The molecule has 3 aromatic carbocycles. The first-order valence-corrected chi connectivity index (χ1v) is 10.6. The molecule has 7 heteroatoms. The Hall–Kier alpha value is -3.28. The summed E-state index contributed by atoms with van der Waals surface area (Å²) in [6.07, 6.45) is 2.99. The van der Waals surface area contributed by atoms with E-state index in [1.54, 1.807) is 24.3 Å². The van der Waals surface area contributed by atoms with Crippen LogP contribution in [0.1, 0.15) is 16.7 Å². The van der Waals surface area contributed by atoms with Gasteiger partial charge in [-0.2, -0.15) is 0 Å². The van der Waals surface area contributed by atoms with Crippen molar-refractivity contribution >= 4 is 52.0 Å². The number of aromatic nitrogens is 1. The Labute approximate surface area is 195 Å². The van der Waals surface area contributed by atoms with Gasteiger partial charge in [0.15, 0.2) is 5.58 Å². The Morgan fingerprint density at radius 2 is 1.88 bits per heavy atom. The lowest BCUT2D eigenvalue weighted by Crippen LogP contribution is -2.07. The van der Waals surface area contributed by atoms with Crippen molar-refractivity contribution < 1.29 is 13.9 Å². The number of methoxy groups -OCH3 is 1. The van der Waals surface area contributed by atoms with E-state index in [0.29, 0.717) is 32.9 Å². The largest absolute Gasteiger partial charge is 0.495 e. The number of oxazole rings is 1. The van der Waals surface area contributed by atoms with Crippen LogP contribution in [0.2, 0.25) is 10.0 Å². The van der Waals surface area contributed by atoms with Gasteiger partial charge >= 0.3 is 0 Å². The third kappa shape index (κ3) is 4.64. The second kappa shape index (κ2) is 9.07. The maximum atomic E-state index is 12.5. The summed E-state index contributed by atoms with van der Waals surface area (Å²) in [5.74, 6) is 0.627. The molecule has 4 rings (SSSR count). The second-order valence-electron chi connectivity index (χ2n) is 7.34. The standard InChI is InChI=1S/C25H20Cl2N2O3/c1-14-9-21-22(10-15(14)2)32-25(29-21)17-5-4-6-19(12-17)28-23(30)8-7-16-11-18(26)13-20(27)24(16)31-3/h4-13H,1-3H3,(H,28,30)/b8-7+. The number of benzene rings is 3. The van der Waals surface area contributed by atoms with Gasteiger partial charge in [-0.3, -0.25) is 4.79 Å². The van der Waals surface area contributed by atoms with Gasteiger partial charge < -0.3 is 14.5 Å². The molecule has 0 radical (unpaired) electrons. The van der Waals surface area contributed by atoms with Crippen LogP contribution < -0.4 is 10.1 Å². The SMILES string of the molecule is COc1c(Cl)cc(Cl)cc1/C=C/C(=O)Nc1cccc(-c2nc3cc(C)c(C)cc3o2)c1. The van der Waals surface area contributed by atoms with E-state index < -0.39 is 0 Å². The van der Waals surface area contributed by atoms with Crippen molar-refractivity contribution in [3.05, 3.63) is 81.3 Å². The Morgan fingerprint density at radius 1 is 1.09 bits per heavy atom. The minimum atomic E-state index is -0.316. The van der Waals surface area contributed by atoms with Gasteiger partial charge in [-0.05, 0) is 73.5 Å². The van der Waals surface area contributed by atoms with E-state index in [-0.39, 0.29) is 5.91 Å². The molecule has 1 N–H and O–H groups in total. The third-order valence-corrected chi connectivity index (χ3v) is 5.54. The van der Waals surface area contributed by atoms with Gasteiger partial charge in [0.1, 0.15) is 11.3 Å².